The fourth-order valence-corrected chi connectivity index (χ4v) is 6.08. The number of carbonyl (C=O) groups excluding carboxylic acids is 2. The van der Waals surface area contributed by atoms with Gasteiger partial charge in [-0.1, -0.05) is 42.1 Å². The Labute approximate surface area is 207 Å². The first-order chi connectivity index (χ1) is 16.9. The average molecular weight is 513 g/mol. The van der Waals surface area contributed by atoms with E-state index >= 15 is 0 Å². The van der Waals surface area contributed by atoms with Gasteiger partial charge in [0.2, 0.25) is 17.0 Å². The van der Waals surface area contributed by atoms with Gasteiger partial charge >= 0.3 is 5.97 Å². The second-order valence-electron chi connectivity index (χ2n) is 7.72. The maximum absolute atomic E-state index is 12.9. The number of hydrogen-bond donors (Lipinski definition) is 4. The van der Waals surface area contributed by atoms with Crippen LogP contribution in [0, 0.1) is 0 Å². The van der Waals surface area contributed by atoms with Gasteiger partial charge in [0, 0.05) is 23.9 Å². The van der Waals surface area contributed by atoms with Crippen LogP contribution in [-0.4, -0.2) is 75.7 Å². The van der Waals surface area contributed by atoms with Crippen LogP contribution in [0.5, 0.6) is 0 Å². The van der Waals surface area contributed by atoms with Crippen LogP contribution in [0.15, 0.2) is 65.2 Å². The van der Waals surface area contributed by atoms with Crippen molar-refractivity contribution in [1.82, 2.24) is 35.2 Å². The Balaban J connectivity index is 1.26. The predicted octanol–water partition coefficient (Wildman–Crippen LogP) is 0.521. The fourth-order valence-electron chi connectivity index (χ4n) is 3.80. The average Bonchev–Trinajstić information content (AvgIpc) is 3.57. The highest BCUT2D eigenvalue weighted by Crippen LogP contribution is 2.41. The molecular formula is C21H20N8O4S2. The highest BCUT2D eigenvalue weighted by atomic mass is 32.2. The van der Waals surface area contributed by atoms with E-state index in [1.165, 1.54) is 33.1 Å². The summed E-state index contributed by atoms with van der Waals surface area (Å²) in [6.07, 6.45) is 3.33. The van der Waals surface area contributed by atoms with Crippen LogP contribution in [0.4, 0.5) is 0 Å². The Bertz CT molecular complexity index is 1290. The van der Waals surface area contributed by atoms with Crippen molar-refractivity contribution in [1.29, 1.82) is 0 Å². The number of H-pyrrole nitrogens is 1. The van der Waals surface area contributed by atoms with Crippen LogP contribution in [0.1, 0.15) is 11.6 Å². The number of rotatable bonds is 8. The highest BCUT2D eigenvalue weighted by molar-refractivity contribution is 8.01. The molecule has 35 heavy (non-hydrogen) atoms. The molecule has 3 aromatic rings. The van der Waals surface area contributed by atoms with Gasteiger partial charge in [0.1, 0.15) is 23.2 Å². The Kier molecular flexibility index (Phi) is 6.32. The lowest BCUT2D eigenvalue weighted by molar-refractivity contribution is -0.150. The van der Waals surface area contributed by atoms with Gasteiger partial charge in [-0.3, -0.25) is 14.5 Å². The summed E-state index contributed by atoms with van der Waals surface area (Å²) in [4.78, 5) is 43.1. The molecule has 0 aliphatic carbocycles. The number of carboxylic acid groups (broad SMARTS) is 1. The van der Waals surface area contributed by atoms with E-state index in [-0.39, 0.29) is 11.4 Å². The van der Waals surface area contributed by atoms with Crippen LogP contribution in [0.3, 0.4) is 0 Å². The molecule has 12 nitrogen and oxygen atoms in total. The van der Waals surface area contributed by atoms with Gasteiger partial charge in [-0.2, -0.15) is 10.1 Å². The number of fused-ring (bicyclic) bond motifs is 1. The molecule has 2 aliphatic heterocycles. The number of aromatic amines is 1. The molecule has 5 rings (SSSR count). The first kappa shape index (κ1) is 23.1. The van der Waals surface area contributed by atoms with Crippen LogP contribution in [0.2, 0.25) is 0 Å². The number of carboxylic acids is 1. The lowest BCUT2D eigenvalue weighted by Crippen LogP contribution is -2.71. The van der Waals surface area contributed by atoms with E-state index in [1.807, 2.05) is 6.07 Å². The SMILES string of the molecule is NC(C(=O)NC1C(=O)N2C(C(=O)O)=C(CSc3n[nH]c(-n4cccn4)n3)CS[C@H]12)c1ccccc1. The van der Waals surface area contributed by atoms with Crippen molar-refractivity contribution < 1.29 is 19.5 Å². The highest BCUT2D eigenvalue weighted by Gasteiger charge is 2.54. The molecular weight excluding hydrogens is 492 g/mol. The first-order valence-electron chi connectivity index (χ1n) is 10.5. The lowest BCUT2D eigenvalue weighted by Gasteiger charge is -2.49. The third-order valence-electron chi connectivity index (χ3n) is 5.54. The maximum atomic E-state index is 12.9. The number of carbonyl (C=O) groups is 3. The normalized spacial score (nSPS) is 20.3. The Morgan fingerprint density at radius 1 is 1.31 bits per heavy atom. The van der Waals surface area contributed by atoms with Gasteiger partial charge in [-0.15, -0.1) is 16.9 Å². The summed E-state index contributed by atoms with van der Waals surface area (Å²) in [5.74, 6) is -1.05. The summed E-state index contributed by atoms with van der Waals surface area (Å²) >= 11 is 2.65. The molecule has 2 aliphatic rings. The van der Waals surface area contributed by atoms with E-state index in [0.29, 0.717) is 28.0 Å². The van der Waals surface area contributed by atoms with Crippen molar-refractivity contribution in [3.63, 3.8) is 0 Å². The minimum atomic E-state index is -1.20. The van der Waals surface area contributed by atoms with Crippen molar-refractivity contribution in [2.24, 2.45) is 5.73 Å². The summed E-state index contributed by atoms with van der Waals surface area (Å²) < 4.78 is 1.52. The number of aromatic nitrogens is 5. The summed E-state index contributed by atoms with van der Waals surface area (Å²) in [6.45, 7) is 0. The largest absolute Gasteiger partial charge is 0.477 e. The maximum Gasteiger partial charge on any atom is 0.352 e. The molecule has 14 heteroatoms. The second-order valence-corrected chi connectivity index (χ2v) is 9.77. The number of hydrogen-bond acceptors (Lipinski definition) is 9. The molecule has 1 fully saturated rings. The number of benzene rings is 1. The van der Waals surface area contributed by atoms with Gasteiger partial charge in [0.05, 0.1) is 0 Å². The Hall–Kier alpha value is -3.62. The molecule has 2 amide bonds. The molecule has 1 aromatic carbocycles. The minimum Gasteiger partial charge on any atom is -0.477 e. The van der Waals surface area contributed by atoms with Gasteiger partial charge in [0.25, 0.3) is 5.91 Å². The fraction of sp³-hybridized carbons (Fsp3) is 0.238. The monoisotopic (exact) mass is 512 g/mol. The zero-order valence-corrected chi connectivity index (χ0v) is 19.7. The van der Waals surface area contributed by atoms with Gasteiger partial charge in [-0.25, -0.2) is 14.6 Å². The third kappa shape index (κ3) is 4.42. The number of aliphatic carboxylic acids is 1. The lowest BCUT2D eigenvalue weighted by atomic mass is 10.0. The summed E-state index contributed by atoms with van der Waals surface area (Å²) in [5, 5.41) is 23.4. The molecule has 1 saturated heterocycles. The number of thioether (sulfide) groups is 2. The Morgan fingerprint density at radius 2 is 2.11 bits per heavy atom. The zero-order valence-electron chi connectivity index (χ0n) is 18.1. The predicted molar refractivity (Wildman–Crippen MR) is 127 cm³/mol. The van der Waals surface area contributed by atoms with Gasteiger partial charge < -0.3 is 16.2 Å². The van der Waals surface area contributed by atoms with E-state index in [2.05, 4.69) is 25.6 Å². The second kappa shape index (κ2) is 9.56. The third-order valence-corrected chi connectivity index (χ3v) is 7.81. The molecule has 5 N–H and O–H groups in total. The summed E-state index contributed by atoms with van der Waals surface area (Å²) in [5.41, 5.74) is 7.17. The number of amides is 2. The molecule has 3 atom stereocenters. The van der Waals surface area contributed by atoms with Crippen LogP contribution >= 0.6 is 23.5 Å². The van der Waals surface area contributed by atoms with Crippen molar-refractivity contribution in [3.05, 3.63) is 65.6 Å². The van der Waals surface area contributed by atoms with E-state index < -0.39 is 35.2 Å². The summed E-state index contributed by atoms with van der Waals surface area (Å²) in [6, 6.07) is 8.81. The molecule has 4 heterocycles. The van der Waals surface area contributed by atoms with Crippen molar-refractivity contribution in [2.75, 3.05) is 11.5 Å². The number of β-lactam (4-membered cyclic amide) rings is 1. The standard InChI is InChI=1S/C21H20N8O4S2/c22-13(11-5-2-1-3-6-11)16(30)24-14-17(31)29-15(19(32)33)12(9-34-18(14)29)10-35-21-25-20(26-27-21)28-8-4-7-23-28/h1-8,13-14,18H,9-10,22H2,(H,24,30)(H,32,33)(H,25,26,27)/t13?,14?,18-/m1/s1. The molecule has 180 valence electrons. The van der Waals surface area contributed by atoms with E-state index in [1.54, 1.807) is 42.7 Å². The Morgan fingerprint density at radius 3 is 2.83 bits per heavy atom. The minimum absolute atomic E-state index is 0.0630. The van der Waals surface area contributed by atoms with E-state index in [9.17, 15) is 19.5 Å². The van der Waals surface area contributed by atoms with Crippen molar-refractivity contribution >= 4 is 41.3 Å². The zero-order chi connectivity index (χ0) is 24.5. The topological polar surface area (TPSA) is 172 Å². The van der Waals surface area contributed by atoms with Crippen LogP contribution in [-0.2, 0) is 14.4 Å². The number of nitrogens with zero attached hydrogens (tertiary/aromatic N) is 5. The molecule has 2 aromatic heterocycles. The van der Waals surface area contributed by atoms with Gasteiger partial charge in [-0.05, 0) is 17.2 Å². The van der Waals surface area contributed by atoms with Crippen molar-refractivity contribution in [3.8, 4) is 5.95 Å². The molecule has 0 saturated carbocycles. The van der Waals surface area contributed by atoms with E-state index in [0.717, 1.165) is 0 Å². The van der Waals surface area contributed by atoms with Crippen molar-refractivity contribution in [2.45, 2.75) is 22.6 Å². The first-order valence-corrected chi connectivity index (χ1v) is 12.5. The molecule has 2 unspecified atom stereocenters. The quantitative estimate of drug-likeness (QED) is 0.246. The number of nitrogens with one attached hydrogen (secondary N) is 2. The molecule has 0 radical (unpaired) electrons. The molecule has 0 bridgehead atoms. The smallest absolute Gasteiger partial charge is 0.352 e. The summed E-state index contributed by atoms with van der Waals surface area (Å²) in [7, 11) is 0. The number of nitrogens with two attached hydrogens (primary N) is 1. The molecule has 0 spiro atoms. The van der Waals surface area contributed by atoms with Crippen LogP contribution in [0.25, 0.3) is 5.95 Å². The van der Waals surface area contributed by atoms with Gasteiger partial charge in [0.15, 0.2) is 0 Å². The van der Waals surface area contributed by atoms with Crippen LogP contribution < -0.4 is 11.1 Å². The van der Waals surface area contributed by atoms with E-state index in [4.69, 9.17) is 5.73 Å².